The molecule has 0 unspecified atom stereocenters. The van der Waals surface area contributed by atoms with Crippen molar-refractivity contribution in [2.75, 3.05) is 32.8 Å². The van der Waals surface area contributed by atoms with Crippen molar-refractivity contribution < 1.29 is 9.53 Å². The molecule has 0 aromatic carbocycles. The highest BCUT2D eigenvalue weighted by atomic mass is 32.1. The van der Waals surface area contributed by atoms with Crippen LogP contribution in [0.2, 0.25) is 0 Å². The number of aromatic nitrogens is 1. The highest BCUT2D eigenvalue weighted by Crippen LogP contribution is 2.41. The molecule has 2 aromatic rings. The van der Waals surface area contributed by atoms with E-state index in [1.54, 1.807) is 35.9 Å². The Labute approximate surface area is 145 Å². The summed E-state index contributed by atoms with van der Waals surface area (Å²) in [5.74, 6) is 0.435. The number of carbonyl (C=O) groups is 1. The summed E-state index contributed by atoms with van der Waals surface area (Å²) in [6.45, 7) is 5.18. The van der Waals surface area contributed by atoms with Crippen LogP contribution in [0.15, 0.2) is 41.4 Å². The average Bonchev–Trinajstić information content (AvgIpc) is 3.30. The van der Waals surface area contributed by atoms with Crippen molar-refractivity contribution in [3.63, 3.8) is 0 Å². The maximum absolute atomic E-state index is 12.3. The third-order valence-corrected chi connectivity index (χ3v) is 5.83. The number of hydrogen-bond donors (Lipinski definition) is 1. The SMILES string of the molecule is O=C(NC[C@@]12COC[C@@H]1CN(Cc1ccsc1)C2)c1cccnc1. The van der Waals surface area contributed by atoms with E-state index in [1.807, 2.05) is 0 Å². The number of hydrogen-bond acceptors (Lipinski definition) is 5. The standard InChI is InChI=1S/C18H21N3O2S/c22-17(15-2-1-4-19-6-15)20-11-18-12-21(7-14-3-5-24-10-14)8-16(18)9-23-13-18/h1-6,10,16H,7-9,11-13H2,(H,20,22)/t16-,18+/m0/s1. The van der Waals surface area contributed by atoms with Gasteiger partial charge in [0.1, 0.15) is 0 Å². The van der Waals surface area contributed by atoms with Gasteiger partial charge >= 0.3 is 0 Å². The summed E-state index contributed by atoms with van der Waals surface area (Å²) in [5, 5.41) is 7.43. The Morgan fingerprint density at radius 2 is 2.46 bits per heavy atom. The molecular formula is C18H21N3O2S. The Morgan fingerprint density at radius 3 is 3.25 bits per heavy atom. The summed E-state index contributed by atoms with van der Waals surface area (Å²) in [4.78, 5) is 18.8. The molecule has 0 bridgehead atoms. The Balaban J connectivity index is 1.40. The molecule has 2 aliphatic heterocycles. The van der Waals surface area contributed by atoms with Crippen molar-refractivity contribution in [1.29, 1.82) is 0 Å². The largest absolute Gasteiger partial charge is 0.380 e. The maximum atomic E-state index is 12.3. The van der Waals surface area contributed by atoms with E-state index in [2.05, 4.69) is 32.0 Å². The number of rotatable bonds is 5. The lowest BCUT2D eigenvalue weighted by molar-refractivity contribution is 0.0904. The first-order valence-electron chi connectivity index (χ1n) is 8.25. The normalized spacial score (nSPS) is 26.4. The minimum absolute atomic E-state index is 0.0356. The first-order valence-corrected chi connectivity index (χ1v) is 9.19. The summed E-state index contributed by atoms with van der Waals surface area (Å²) in [6.07, 6.45) is 3.28. The van der Waals surface area contributed by atoms with Gasteiger partial charge in [-0.3, -0.25) is 14.7 Å². The number of amides is 1. The zero-order valence-corrected chi connectivity index (χ0v) is 14.3. The van der Waals surface area contributed by atoms with Gasteiger partial charge in [-0.2, -0.15) is 11.3 Å². The highest BCUT2D eigenvalue weighted by Gasteiger charge is 2.50. The average molecular weight is 343 g/mol. The molecule has 2 saturated heterocycles. The molecule has 1 amide bonds. The van der Waals surface area contributed by atoms with Gasteiger partial charge in [-0.05, 0) is 34.5 Å². The van der Waals surface area contributed by atoms with Crippen LogP contribution in [0.3, 0.4) is 0 Å². The second-order valence-electron chi connectivity index (χ2n) is 6.80. The summed E-state index contributed by atoms with van der Waals surface area (Å²) >= 11 is 1.74. The van der Waals surface area contributed by atoms with Gasteiger partial charge in [0, 0.05) is 49.9 Å². The topological polar surface area (TPSA) is 54.5 Å². The molecule has 4 heterocycles. The van der Waals surface area contributed by atoms with E-state index in [0.29, 0.717) is 18.0 Å². The van der Waals surface area contributed by atoms with Gasteiger partial charge in [0.2, 0.25) is 0 Å². The molecule has 2 atom stereocenters. The molecular weight excluding hydrogens is 322 g/mol. The van der Waals surface area contributed by atoms with Gasteiger partial charge in [0.25, 0.3) is 5.91 Å². The zero-order valence-electron chi connectivity index (χ0n) is 13.5. The number of nitrogens with zero attached hydrogens (tertiary/aromatic N) is 2. The minimum Gasteiger partial charge on any atom is -0.380 e. The van der Waals surface area contributed by atoms with E-state index in [9.17, 15) is 4.79 Å². The Bertz CT molecular complexity index is 692. The fraction of sp³-hybridized carbons (Fsp3) is 0.444. The van der Waals surface area contributed by atoms with Crippen molar-refractivity contribution in [2.45, 2.75) is 6.54 Å². The lowest BCUT2D eigenvalue weighted by Gasteiger charge is -2.27. The summed E-state index contributed by atoms with van der Waals surface area (Å²) in [6, 6.07) is 5.76. The first-order chi connectivity index (χ1) is 11.8. The van der Waals surface area contributed by atoms with E-state index < -0.39 is 0 Å². The summed E-state index contributed by atoms with van der Waals surface area (Å²) in [7, 11) is 0. The van der Waals surface area contributed by atoms with Crippen LogP contribution in [0, 0.1) is 11.3 Å². The fourth-order valence-electron chi connectivity index (χ4n) is 3.81. The predicted octanol–water partition coefficient (Wildman–Crippen LogP) is 2.02. The monoisotopic (exact) mass is 343 g/mol. The molecule has 126 valence electrons. The second kappa shape index (κ2) is 6.63. The van der Waals surface area contributed by atoms with Crippen LogP contribution in [0.5, 0.6) is 0 Å². The first kappa shape index (κ1) is 15.7. The van der Waals surface area contributed by atoms with Crippen LogP contribution in [0.4, 0.5) is 0 Å². The molecule has 2 fully saturated rings. The number of likely N-dealkylation sites (tertiary alicyclic amines) is 1. The lowest BCUT2D eigenvalue weighted by atomic mass is 9.81. The smallest absolute Gasteiger partial charge is 0.252 e. The van der Waals surface area contributed by atoms with Gasteiger partial charge in [0.15, 0.2) is 0 Å². The molecule has 1 N–H and O–H groups in total. The third-order valence-electron chi connectivity index (χ3n) is 5.10. The number of ether oxygens (including phenoxy) is 1. The van der Waals surface area contributed by atoms with Gasteiger partial charge < -0.3 is 10.1 Å². The second-order valence-corrected chi connectivity index (χ2v) is 7.58. The van der Waals surface area contributed by atoms with E-state index in [4.69, 9.17) is 4.74 Å². The van der Waals surface area contributed by atoms with Crippen LogP contribution < -0.4 is 5.32 Å². The number of carbonyl (C=O) groups excluding carboxylic acids is 1. The summed E-state index contributed by atoms with van der Waals surface area (Å²) < 4.78 is 5.75. The van der Waals surface area contributed by atoms with Gasteiger partial charge in [0.05, 0.1) is 18.8 Å². The Morgan fingerprint density at radius 1 is 1.50 bits per heavy atom. The van der Waals surface area contributed by atoms with Crippen molar-refractivity contribution >= 4 is 17.2 Å². The quantitative estimate of drug-likeness (QED) is 0.902. The molecule has 0 aliphatic carbocycles. The molecule has 5 nitrogen and oxygen atoms in total. The van der Waals surface area contributed by atoms with Crippen molar-refractivity contribution in [3.05, 3.63) is 52.5 Å². The fourth-order valence-corrected chi connectivity index (χ4v) is 4.47. The van der Waals surface area contributed by atoms with Crippen LogP contribution >= 0.6 is 11.3 Å². The molecule has 0 radical (unpaired) electrons. The van der Waals surface area contributed by atoms with Crippen molar-refractivity contribution in [3.8, 4) is 0 Å². The molecule has 2 aromatic heterocycles. The predicted molar refractivity (Wildman–Crippen MR) is 92.9 cm³/mol. The third kappa shape index (κ3) is 3.09. The summed E-state index contributed by atoms with van der Waals surface area (Å²) in [5.41, 5.74) is 2.02. The van der Waals surface area contributed by atoms with Crippen molar-refractivity contribution in [2.24, 2.45) is 11.3 Å². The zero-order chi connectivity index (χ0) is 16.4. The molecule has 2 aliphatic rings. The number of pyridine rings is 1. The van der Waals surface area contributed by atoms with Gasteiger partial charge in [-0.25, -0.2) is 0 Å². The maximum Gasteiger partial charge on any atom is 0.252 e. The van der Waals surface area contributed by atoms with Gasteiger partial charge in [-0.1, -0.05) is 0 Å². The molecule has 24 heavy (non-hydrogen) atoms. The lowest BCUT2D eigenvalue weighted by Crippen LogP contribution is -2.43. The molecule has 0 spiro atoms. The highest BCUT2D eigenvalue weighted by molar-refractivity contribution is 7.07. The van der Waals surface area contributed by atoms with Crippen LogP contribution in [0.25, 0.3) is 0 Å². The number of thiophene rings is 1. The molecule has 6 heteroatoms. The number of fused-ring (bicyclic) bond motifs is 1. The van der Waals surface area contributed by atoms with Crippen LogP contribution in [0.1, 0.15) is 15.9 Å². The Hall–Kier alpha value is -1.76. The van der Waals surface area contributed by atoms with E-state index in [-0.39, 0.29) is 11.3 Å². The Kier molecular flexibility index (Phi) is 4.35. The molecule has 0 saturated carbocycles. The van der Waals surface area contributed by atoms with Crippen molar-refractivity contribution in [1.82, 2.24) is 15.2 Å². The molecule has 4 rings (SSSR count). The van der Waals surface area contributed by atoms with E-state index in [0.717, 1.165) is 32.8 Å². The van der Waals surface area contributed by atoms with Gasteiger partial charge in [-0.15, -0.1) is 0 Å². The number of nitrogens with one attached hydrogen (secondary N) is 1. The van der Waals surface area contributed by atoms with E-state index >= 15 is 0 Å². The van der Waals surface area contributed by atoms with Crippen LogP contribution in [-0.2, 0) is 11.3 Å². The minimum atomic E-state index is -0.0561. The van der Waals surface area contributed by atoms with E-state index in [1.165, 1.54) is 5.56 Å². The van der Waals surface area contributed by atoms with Crippen LogP contribution in [-0.4, -0.2) is 48.6 Å².